The quantitative estimate of drug-likeness (QED) is 0.750. The zero-order valence-electron chi connectivity index (χ0n) is 10.4. The summed E-state index contributed by atoms with van der Waals surface area (Å²) in [6, 6.07) is 13.3. The second-order valence-electron chi connectivity index (χ2n) is 4.10. The molecule has 5 heteroatoms. The molecule has 0 aliphatic heterocycles. The van der Waals surface area contributed by atoms with E-state index in [-0.39, 0.29) is 23.5 Å². The molecule has 0 radical (unpaired) electrons. The lowest BCUT2D eigenvalue weighted by atomic mass is 10.0. The summed E-state index contributed by atoms with van der Waals surface area (Å²) in [6.45, 7) is -2.95. The number of hydrogen-bond donors (Lipinski definition) is 0. The first-order valence-electron chi connectivity index (χ1n) is 5.88. The first-order chi connectivity index (χ1) is 9.56. The minimum Gasteiger partial charge on any atom is -0.434 e. The Bertz CT molecular complexity index is 597. The number of rotatable bonds is 5. The second-order valence-corrected chi connectivity index (χ2v) is 5.02. The number of ether oxygens (including phenoxy) is 1. The number of benzene rings is 2. The minimum absolute atomic E-state index is 0.0930. The van der Waals surface area contributed by atoms with E-state index in [0.717, 1.165) is 10.0 Å². The molecule has 0 heterocycles. The summed E-state index contributed by atoms with van der Waals surface area (Å²) in [5, 5.41) is 0. The maximum absolute atomic E-state index is 12.3. The van der Waals surface area contributed by atoms with Crippen LogP contribution in [0.5, 0.6) is 5.75 Å². The summed E-state index contributed by atoms with van der Waals surface area (Å²) in [7, 11) is 0. The van der Waals surface area contributed by atoms with Crippen molar-refractivity contribution in [3.63, 3.8) is 0 Å². The van der Waals surface area contributed by atoms with Crippen LogP contribution in [0.2, 0.25) is 0 Å². The van der Waals surface area contributed by atoms with E-state index in [1.807, 2.05) is 12.1 Å². The molecule has 2 aromatic rings. The number of ketones is 1. The van der Waals surface area contributed by atoms with Gasteiger partial charge < -0.3 is 4.74 Å². The highest BCUT2D eigenvalue weighted by Gasteiger charge is 2.15. The van der Waals surface area contributed by atoms with Crippen LogP contribution in [-0.2, 0) is 6.42 Å². The van der Waals surface area contributed by atoms with Crippen molar-refractivity contribution in [3.8, 4) is 5.75 Å². The molecule has 0 amide bonds. The van der Waals surface area contributed by atoms with Crippen LogP contribution in [0.3, 0.4) is 0 Å². The highest BCUT2D eigenvalue weighted by Crippen LogP contribution is 2.22. The molecule has 0 aliphatic carbocycles. The Hall–Kier alpha value is -1.75. The first-order valence-corrected chi connectivity index (χ1v) is 6.67. The fourth-order valence-electron chi connectivity index (χ4n) is 1.78. The number of carbonyl (C=O) groups is 1. The molecule has 0 fully saturated rings. The van der Waals surface area contributed by atoms with Gasteiger partial charge in [-0.1, -0.05) is 40.2 Å². The van der Waals surface area contributed by atoms with E-state index >= 15 is 0 Å². The van der Waals surface area contributed by atoms with Crippen molar-refractivity contribution in [3.05, 3.63) is 64.1 Å². The number of para-hydroxylation sites is 1. The lowest BCUT2D eigenvalue weighted by molar-refractivity contribution is -0.0501. The third-order valence-corrected chi connectivity index (χ3v) is 3.21. The molecule has 2 rings (SSSR count). The lowest BCUT2D eigenvalue weighted by Crippen LogP contribution is -2.09. The van der Waals surface area contributed by atoms with E-state index in [0.29, 0.717) is 0 Å². The average molecular weight is 341 g/mol. The number of halogens is 3. The van der Waals surface area contributed by atoms with Gasteiger partial charge in [-0.15, -0.1) is 0 Å². The van der Waals surface area contributed by atoms with Gasteiger partial charge in [0.15, 0.2) is 5.78 Å². The van der Waals surface area contributed by atoms with Crippen molar-refractivity contribution < 1.29 is 18.3 Å². The van der Waals surface area contributed by atoms with E-state index in [1.54, 1.807) is 24.3 Å². The topological polar surface area (TPSA) is 26.3 Å². The van der Waals surface area contributed by atoms with Crippen molar-refractivity contribution in [1.82, 2.24) is 0 Å². The molecular formula is C15H11BrF2O2. The molecule has 2 nitrogen and oxygen atoms in total. The summed E-state index contributed by atoms with van der Waals surface area (Å²) in [6.07, 6.45) is 0.136. The Labute approximate surface area is 123 Å². The maximum atomic E-state index is 12.3. The SMILES string of the molecule is O=C(Cc1ccc(Br)cc1)c1ccccc1OC(F)F. The Morgan fingerprint density at radius 1 is 1.10 bits per heavy atom. The number of Topliss-reactive ketones (excluding diaryl/α,β-unsaturated/α-hetero) is 1. The number of hydrogen-bond acceptors (Lipinski definition) is 2. The third-order valence-electron chi connectivity index (χ3n) is 2.68. The van der Waals surface area contributed by atoms with Crippen LogP contribution in [0.15, 0.2) is 53.0 Å². The molecule has 0 saturated carbocycles. The molecule has 0 aliphatic rings. The number of carbonyl (C=O) groups excluding carboxylic acids is 1. The van der Waals surface area contributed by atoms with Crippen LogP contribution in [-0.4, -0.2) is 12.4 Å². The molecule has 2 aromatic carbocycles. The van der Waals surface area contributed by atoms with Gasteiger partial charge in [-0.3, -0.25) is 4.79 Å². The number of alkyl halides is 2. The molecule has 0 bridgehead atoms. The molecular weight excluding hydrogens is 330 g/mol. The molecule has 0 spiro atoms. The van der Waals surface area contributed by atoms with E-state index in [2.05, 4.69) is 20.7 Å². The summed E-state index contributed by atoms with van der Waals surface area (Å²) >= 11 is 3.31. The normalized spacial score (nSPS) is 10.6. The van der Waals surface area contributed by atoms with Crippen molar-refractivity contribution in [2.75, 3.05) is 0 Å². The van der Waals surface area contributed by atoms with Gasteiger partial charge in [-0.25, -0.2) is 0 Å². The van der Waals surface area contributed by atoms with E-state index in [9.17, 15) is 13.6 Å². The third kappa shape index (κ3) is 3.87. The van der Waals surface area contributed by atoms with Gasteiger partial charge in [-0.05, 0) is 29.8 Å². The average Bonchev–Trinajstić information content (AvgIpc) is 2.41. The van der Waals surface area contributed by atoms with E-state index < -0.39 is 6.61 Å². The fraction of sp³-hybridized carbons (Fsp3) is 0.133. The van der Waals surface area contributed by atoms with Crippen LogP contribution < -0.4 is 4.74 Å². The molecule has 0 atom stereocenters. The van der Waals surface area contributed by atoms with E-state index in [1.165, 1.54) is 12.1 Å². The molecule has 0 aromatic heterocycles. The summed E-state index contributed by atoms with van der Waals surface area (Å²) in [4.78, 5) is 12.2. The standard InChI is InChI=1S/C15H11BrF2O2/c16-11-7-5-10(6-8-11)9-13(19)12-3-1-2-4-14(12)20-15(17)18/h1-8,15H,9H2. The van der Waals surface area contributed by atoms with E-state index in [4.69, 9.17) is 0 Å². The van der Waals surface area contributed by atoms with Gasteiger partial charge in [0.2, 0.25) is 0 Å². The van der Waals surface area contributed by atoms with Crippen LogP contribution in [0.1, 0.15) is 15.9 Å². The highest BCUT2D eigenvalue weighted by atomic mass is 79.9. The van der Waals surface area contributed by atoms with Crippen LogP contribution in [0.25, 0.3) is 0 Å². The Morgan fingerprint density at radius 2 is 1.75 bits per heavy atom. The van der Waals surface area contributed by atoms with Gasteiger partial charge in [-0.2, -0.15) is 8.78 Å². The molecule has 20 heavy (non-hydrogen) atoms. The Kier molecular flexibility index (Phi) is 4.84. The zero-order valence-corrected chi connectivity index (χ0v) is 11.9. The van der Waals surface area contributed by atoms with Gasteiger partial charge in [0.1, 0.15) is 5.75 Å². The fourth-order valence-corrected chi connectivity index (χ4v) is 2.04. The summed E-state index contributed by atoms with van der Waals surface area (Å²) in [5.41, 5.74) is 0.973. The van der Waals surface area contributed by atoms with Crippen molar-refractivity contribution >= 4 is 21.7 Å². The van der Waals surface area contributed by atoms with Gasteiger partial charge in [0.25, 0.3) is 0 Å². The summed E-state index contributed by atoms with van der Waals surface area (Å²) in [5.74, 6) is -0.354. The Morgan fingerprint density at radius 3 is 2.40 bits per heavy atom. The highest BCUT2D eigenvalue weighted by molar-refractivity contribution is 9.10. The van der Waals surface area contributed by atoms with Crippen molar-refractivity contribution in [2.24, 2.45) is 0 Å². The second kappa shape index (κ2) is 6.61. The predicted molar refractivity (Wildman–Crippen MR) is 75.3 cm³/mol. The molecule has 0 saturated heterocycles. The van der Waals surface area contributed by atoms with Gasteiger partial charge in [0.05, 0.1) is 5.56 Å². The smallest absolute Gasteiger partial charge is 0.387 e. The van der Waals surface area contributed by atoms with Gasteiger partial charge >= 0.3 is 6.61 Å². The maximum Gasteiger partial charge on any atom is 0.387 e. The molecule has 0 N–H and O–H groups in total. The zero-order chi connectivity index (χ0) is 14.5. The minimum atomic E-state index is -2.95. The van der Waals surface area contributed by atoms with Crippen LogP contribution in [0, 0.1) is 0 Å². The summed E-state index contributed by atoms with van der Waals surface area (Å²) < 4.78 is 29.9. The van der Waals surface area contributed by atoms with Gasteiger partial charge in [0, 0.05) is 10.9 Å². The largest absolute Gasteiger partial charge is 0.434 e. The lowest BCUT2D eigenvalue weighted by Gasteiger charge is -2.09. The monoisotopic (exact) mass is 340 g/mol. The molecule has 0 unspecified atom stereocenters. The first kappa shape index (κ1) is 14.7. The molecule has 104 valence electrons. The Balaban J connectivity index is 2.18. The van der Waals surface area contributed by atoms with Crippen LogP contribution >= 0.6 is 15.9 Å². The van der Waals surface area contributed by atoms with Crippen LogP contribution in [0.4, 0.5) is 8.78 Å². The predicted octanol–water partition coefficient (Wildman–Crippen LogP) is 4.48. The van der Waals surface area contributed by atoms with Crippen molar-refractivity contribution in [2.45, 2.75) is 13.0 Å². The van der Waals surface area contributed by atoms with Crippen molar-refractivity contribution in [1.29, 1.82) is 0 Å².